The van der Waals surface area contributed by atoms with E-state index in [1.165, 1.54) is 12.5 Å². The molecule has 27 heavy (non-hydrogen) atoms. The van der Waals surface area contributed by atoms with E-state index in [0.29, 0.717) is 25.7 Å². The maximum absolute atomic E-state index is 11.1. The second kappa shape index (κ2) is 12.2. The van der Waals surface area contributed by atoms with Crippen molar-refractivity contribution in [1.82, 2.24) is 10.6 Å². The molecule has 0 radical (unpaired) electrons. The number of ether oxygens (including phenoxy) is 1. The van der Waals surface area contributed by atoms with Crippen molar-refractivity contribution in [2.24, 2.45) is 4.99 Å². The largest absolute Gasteiger partial charge is 0.492 e. The number of amides is 1. The molecule has 2 rings (SSSR count). The van der Waals surface area contributed by atoms with Gasteiger partial charge in [0.05, 0.1) is 6.54 Å². The van der Waals surface area contributed by atoms with Crippen LogP contribution >= 0.6 is 24.0 Å². The van der Waals surface area contributed by atoms with Gasteiger partial charge in [-0.2, -0.15) is 0 Å². The Bertz CT molecular complexity index is 748. The van der Waals surface area contributed by atoms with Crippen molar-refractivity contribution in [3.63, 3.8) is 0 Å². The molecule has 0 aromatic heterocycles. The SMILES string of the molecule is CN=C(NCCOc1ccc(C)cc1)NCc1cccc(NC(C)=O)c1.I. The van der Waals surface area contributed by atoms with Crippen molar-refractivity contribution in [2.45, 2.75) is 20.4 Å². The number of nitrogens with zero attached hydrogens (tertiary/aromatic N) is 1. The molecule has 0 aliphatic rings. The van der Waals surface area contributed by atoms with Crippen LogP contribution in [0.4, 0.5) is 5.69 Å². The van der Waals surface area contributed by atoms with Crippen LogP contribution in [0.3, 0.4) is 0 Å². The van der Waals surface area contributed by atoms with Crippen molar-refractivity contribution in [3.8, 4) is 5.75 Å². The predicted molar refractivity (Wildman–Crippen MR) is 121 cm³/mol. The van der Waals surface area contributed by atoms with Crippen LogP contribution in [0.1, 0.15) is 18.1 Å². The van der Waals surface area contributed by atoms with Gasteiger partial charge in [0.25, 0.3) is 0 Å². The van der Waals surface area contributed by atoms with Crippen LogP contribution in [-0.4, -0.2) is 32.1 Å². The first-order chi connectivity index (χ1) is 12.6. The minimum absolute atomic E-state index is 0. The molecule has 2 aromatic rings. The van der Waals surface area contributed by atoms with Crippen LogP contribution in [0, 0.1) is 6.92 Å². The van der Waals surface area contributed by atoms with Gasteiger partial charge in [0.15, 0.2) is 5.96 Å². The number of hydrogen-bond acceptors (Lipinski definition) is 3. The fraction of sp³-hybridized carbons (Fsp3) is 0.300. The van der Waals surface area contributed by atoms with Gasteiger partial charge in [0, 0.05) is 26.2 Å². The number of benzene rings is 2. The molecule has 6 nitrogen and oxygen atoms in total. The van der Waals surface area contributed by atoms with Gasteiger partial charge in [-0.1, -0.05) is 29.8 Å². The zero-order valence-corrected chi connectivity index (χ0v) is 18.2. The third-order valence-corrected chi connectivity index (χ3v) is 3.62. The highest BCUT2D eigenvalue weighted by Crippen LogP contribution is 2.11. The quantitative estimate of drug-likeness (QED) is 0.245. The number of aliphatic imine (C=N–C) groups is 1. The standard InChI is InChI=1S/C20H26N4O2.HI/c1-15-7-9-19(10-8-15)26-12-11-22-20(21-3)23-14-17-5-4-6-18(13-17)24-16(2)25;/h4-10,13H,11-12,14H2,1-3H3,(H,24,25)(H2,21,22,23);1H. The number of halogens is 1. The fourth-order valence-electron chi connectivity index (χ4n) is 2.34. The Morgan fingerprint density at radius 2 is 1.85 bits per heavy atom. The lowest BCUT2D eigenvalue weighted by Gasteiger charge is -2.13. The van der Waals surface area contributed by atoms with Gasteiger partial charge < -0.3 is 20.7 Å². The average Bonchev–Trinajstić information content (AvgIpc) is 2.62. The number of rotatable bonds is 7. The van der Waals surface area contributed by atoms with Gasteiger partial charge in [-0.05, 0) is 36.8 Å². The molecule has 0 atom stereocenters. The lowest BCUT2D eigenvalue weighted by molar-refractivity contribution is -0.114. The van der Waals surface area contributed by atoms with E-state index in [0.717, 1.165) is 17.0 Å². The summed E-state index contributed by atoms with van der Waals surface area (Å²) in [6, 6.07) is 15.7. The van der Waals surface area contributed by atoms with Crippen LogP contribution in [0.2, 0.25) is 0 Å². The van der Waals surface area contributed by atoms with Gasteiger partial charge in [-0.25, -0.2) is 0 Å². The Morgan fingerprint density at radius 1 is 1.11 bits per heavy atom. The number of hydrogen-bond donors (Lipinski definition) is 3. The molecular formula is C20H27IN4O2. The number of aryl methyl sites for hydroxylation is 1. The summed E-state index contributed by atoms with van der Waals surface area (Å²) >= 11 is 0. The molecule has 0 heterocycles. The molecule has 0 spiro atoms. The molecule has 0 bridgehead atoms. The van der Waals surface area contributed by atoms with Crippen molar-refractivity contribution in [2.75, 3.05) is 25.5 Å². The van der Waals surface area contributed by atoms with Gasteiger partial charge in [0.1, 0.15) is 12.4 Å². The molecule has 0 unspecified atom stereocenters. The minimum atomic E-state index is -0.0823. The Labute approximate surface area is 177 Å². The van der Waals surface area contributed by atoms with Gasteiger partial charge in [-0.15, -0.1) is 24.0 Å². The van der Waals surface area contributed by atoms with Crippen LogP contribution in [0.15, 0.2) is 53.5 Å². The second-order valence-corrected chi connectivity index (χ2v) is 5.90. The summed E-state index contributed by atoms with van der Waals surface area (Å²) in [4.78, 5) is 15.3. The van der Waals surface area contributed by atoms with E-state index in [4.69, 9.17) is 4.74 Å². The first-order valence-electron chi connectivity index (χ1n) is 8.57. The van der Waals surface area contributed by atoms with Crippen molar-refractivity contribution in [3.05, 3.63) is 59.7 Å². The average molecular weight is 482 g/mol. The summed E-state index contributed by atoms with van der Waals surface area (Å²) in [5.41, 5.74) is 3.05. The molecular weight excluding hydrogens is 455 g/mol. The Balaban J connectivity index is 0.00000364. The van der Waals surface area contributed by atoms with Crippen molar-refractivity contribution in [1.29, 1.82) is 0 Å². The normalized spacial score (nSPS) is 10.6. The van der Waals surface area contributed by atoms with E-state index >= 15 is 0 Å². The lowest BCUT2D eigenvalue weighted by Crippen LogP contribution is -2.38. The zero-order valence-electron chi connectivity index (χ0n) is 15.9. The molecule has 2 aromatic carbocycles. The maximum atomic E-state index is 11.1. The molecule has 146 valence electrons. The van der Waals surface area contributed by atoms with E-state index in [9.17, 15) is 4.79 Å². The fourth-order valence-corrected chi connectivity index (χ4v) is 2.34. The lowest BCUT2D eigenvalue weighted by atomic mass is 10.2. The first kappa shape index (κ1) is 22.8. The van der Waals surface area contributed by atoms with E-state index in [-0.39, 0.29) is 29.9 Å². The first-order valence-corrected chi connectivity index (χ1v) is 8.57. The smallest absolute Gasteiger partial charge is 0.221 e. The van der Waals surface area contributed by atoms with Crippen LogP contribution in [-0.2, 0) is 11.3 Å². The minimum Gasteiger partial charge on any atom is -0.492 e. The maximum Gasteiger partial charge on any atom is 0.221 e. The second-order valence-electron chi connectivity index (χ2n) is 5.90. The van der Waals surface area contributed by atoms with Gasteiger partial charge in [-0.3, -0.25) is 9.79 Å². The molecule has 0 saturated heterocycles. The molecule has 0 aliphatic carbocycles. The van der Waals surface area contributed by atoms with Crippen LogP contribution in [0.5, 0.6) is 5.75 Å². The summed E-state index contributed by atoms with van der Waals surface area (Å²) in [6.07, 6.45) is 0. The number of nitrogens with one attached hydrogen (secondary N) is 3. The highest BCUT2D eigenvalue weighted by atomic mass is 127. The summed E-state index contributed by atoms with van der Waals surface area (Å²) in [7, 11) is 1.73. The number of anilines is 1. The van der Waals surface area contributed by atoms with Gasteiger partial charge in [0.2, 0.25) is 5.91 Å². The highest BCUT2D eigenvalue weighted by Gasteiger charge is 2.01. The molecule has 3 N–H and O–H groups in total. The molecule has 0 fully saturated rings. The van der Waals surface area contributed by atoms with Crippen LogP contribution in [0.25, 0.3) is 0 Å². The molecule has 7 heteroatoms. The summed E-state index contributed by atoms with van der Waals surface area (Å²) in [6.45, 7) is 5.33. The Morgan fingerprint density at radius 3 is 2.52 bits per heavy atom. The number of guanidine groups is 1. The van der Waals surface area contributed by atoms with E-state index < -0.39 is 0 Å². The molecule has 1 amide bonds. The highest BCUT2D eigenvalue weighted by molar-refractivity contribution is 14.0. The topological polar surface area (TPSA) is 74.8 Å². The Hall–Kier alpha value is -2.29. The number of carbonyl (C=O) groups excluding carboxylic acids is 1. The summed E-state index contributed by atoms with van der Waals surface area (Å²) < 4.78 is 5.69. The number of carbonyl (C=O) groups is 1. The van der Waals surface area contributed by atoms with Crippen molar-refractivity contribution < 1.29 is 9.53 Å². The summed E-state index contributed by atoms with van der Waals surface area (Å²) in [5, 5.41) is 9.23. The zero-order chi connectivity index (χ0) is 18.8. The summed E-state index contributed by atoms with van der Waals surface area (Å²) in [5.74, 6) is 1.47. The van der Waals surface area contributed by atoms with E-state index in [1.807, 2.05) is 55.5 Å². The monoisotopic (exact) mass is 482 g/mol. The molecule has 0 saturated carbocycles. The predicted octanol–water partition coefficient (Wildman–Crippen LogP) is 3.32. The Kier molecular flexibility index (Phi) is 10.2. The third kappa shape index (κ3) is 8.76. The van der Waals surface area contributed by atoms with Gasteiger partial charge >= 0.3 is 0 Å². The van der Waals surface area contributed by atoms with Crippen molar-refractivity contribution >= 4 is 41.5 Å². The third-order valence-electron chi connectivity index (χ3n) is 3.62. The van der Waals surface area contributed by atoms with E-state index in [2.05, 4.69) is 20.9 Å². The molecule has 0 aliphatic heterocycles. The van der Waals surface area contributed by atoms with Crippen LogP contribution < -0.4 is 20.7 Å². The van der Waals surface area contributed by atoms with E-state index in [1.54, 1.807) is 7.05 Å².